The first-order valence-electron chi connectivity index (χ1n) is 5.70. The molecule has 2 N–H and O–H groups in total. The fraction of sp³-hybridized carbons (Fsp3) is 0.417. The molecule has 0 radical (unpaired) electrons. The van der Waals surface area contributed by atoms with Gasteiger partial charge in [0.05, 0.1) is 11.1 Å². The lowest BCUT2D eigenvalue weighted by Crippen LogP contribution is -2.45. The van der Waals surface area contributed by atoms with Crippen molar-refractivity contribution in [3.05, 3.63) is 34.9 Å². The second-order valence-corrected chi connectivity index (χ2v) is 4.61. The fourth-order valence-electron chi connectivity index (χ4n) is 2.77. The van der Waals surface area contributed by atoms with E-state index in [1.54, 1.807) is 6.07 Å². The van der Waals surface area contributed by atoms with E-state index in [9.17, 15) is 18.0 Å². The summed E-state index contributed by atoms with van der Waals surface area (Å²) in [5, 5.41) is 5.73. The number of carbonyl (C=O) groups is 1. The summed E-state index contributed by atoms with van der Waals surface area (Å²) in [5.41, 5.74) is -0.554. The summed E-state index contributed by atoms with van der Waals surface area (Å²) in [5.74, 6) is -0.692. The number of amides is 1. The molecule has 0 aliphatic carbocycles. The molecule has 3 nitrogen and oxygen atoms in total. The van der Waals surface area contributed by atoms with Gasteiger partial charge in [-0.2, -0.15) is 13.2 Å². The summed E-state index contributed by atoms with van der Waals surface area (Å²) in [7, 11) is 0. The van der Waals surface area contributed by atoms with Gasteiger partial charge in [-0.15, -0.1) is 12.4 Å². The van der Waals surface area contributed by atoms with E-state index in [1.165, 1.54) is 6.07 Å². The Morgan fingerprint density at radius 3 is 2.63 bits per heavy atom. The minimum atomic E-state index is -4.50. The molecular weight excluding hydrogens is 281 g/mol. The van der Waals surface area contributed by atoms with Crippen molar-refractivity contribution in [2.45, 2.75) is 18.1 Å². The van der Waals surface area contributed by atoms with E-state index in [0.717, 1.165) is 6.07 Å². The molecule has 2 aliphatic heterocycles. The second kappa shape index (κ2) is 4.68. The third-order valence-electron chi connectivity index (χ3n) is 3.56. The van der Waals surface area contributed by atoms with Gasteiger partial charge in [-0.3, -0.25) is 4.79 Å². The van der Waals surface area contributed by atoms with Gasteiger partial charge in [0.2, 0.25) is 0 Å². The molecule has 0 aromatic heterocycles. The van der Waals surface area contributed by atoms with Gasteiger partial charge in [0.15, 0.2) is 0 Å². The van der Waals surface area contributed by atoms with Crippen LogP contribution in [0.25, 0.3) is 0 Å². The van der Waals surface area contributed by atoms with Gasteiger partial charge in [-0.05, 0) is 11.6 Å². The van der Waals surface area contributed by atoms with Crippen molar-refractivity contribution < 1.29 is 18.0 Å². The minimum absolute atomic E-state index is 0. The molecule has 0 spiro atoms. The zero-order chi connectivity index (χ0) is 12.9. The van der Waals surface area contributed by atoms with Crippen LogP contribution in [-0.4, -0.2) is 25.0 Å². The molecule has 7 heteroatoms. The van der Waals surface area contributed by atoms with E-state index in [-0.39, 0.29) is 29.9 Å². The quantitative estimate of drug-likeness (QED) is 0.767. The lowest BCUT2D eigenvalue weighted by Gasteiger charge is -2.29. The van der Waals surface area contributed by atoms with Crippen LogP contribution in [0, 0.1) is 0 Å². The monoisotopic (exact) mass is 292 g/mol. The SMILES string of the molecule is Cl.O=C1NC2CNCC2c2cccc(C(F)(F)F)c21. The van der Waals surface area contributed by atoms with Crippen molar-refractivity contribution >= 4 is 18.3 Å². The van der Waals surface area contributed by atoms with Crippen molar-refractivity contribution in [2.24, 2.45) is 0 Å². The Morgan fingerprint density at radius 2 is 1.95 bits per heavy atom. The van der Waals surface area contributed by atoms with Crippen LogP contribution in [-0.2, 0) is 6.18 Å². The predicted molar refractivity (Wildman–Crippen MR) is 65.6 cm³/mol. The minimum Gasteiger partial charge on any atom is -0.347 e. The van der Waals surface area contributed by atoms with Crippen molar-refractivity contribution in [3.63, 3.8) is 0 Å². The summed E-state index contributed by atoms with van der Waals surface area (Å²) < 4.78 is 38.7. The molecular formula is C12H12ClF3N2O. The first kappa shape index (κ1) is 14.1. The van der Waals surface area contributed by atoms with E-state index in [1.807, 2.05) is 0 Å². The maximum Gasteiger partial charge on any atom is 0.417 e. The summed E-state index contributed by atoms with van der Waals surface area (Å²) in [4.78, 5) is 11.9. The molecule has 0 bridgehead atoms. The Morgan fingerprint density at radius 1 is 1.21 bits per heavy atom. The highest BCUT2D eigenvalue weighted by atomic mass is 35.5. The van der Waals surface area contributed by atoms with E-state index >= 15 is 0 Å². The van der Waals surface area contributed by atoms with Gasteiger partial charge in [0, 0.05) is 25.0 Å². The number of benzene rings is 1. The van der Waals surface area contributed by atoms with Gasteiger partial charge in [-0.1, -0.05) is 12.1 Å². The number of nitrogens with one attached hydrogen (secondary N) is 2. The second-order valence-electron chi connectivity index (χ2n) is 4.61. The topological polar surface area (TPSA) is 41.1 Å². The van der Waals surface area contributed by atoms with Crippen molar-refractivity contribution in [1.82, 2.24) is 10.6 Å². The number of fused-ring (bicyclic) bond motifs is 3. The van der Waals surface area contributed by atoms with Crippen LogP contribution in [0.4, 0.5) is 13.2 Å². The predicted octanol–water partition coefficient (Wildman–Crippen LogP) is 1.93. The smallest absolute Gasteiger partial charge is 0.347 e. The van der Waals surface area contributed by atoms with E-state index < -0.39 is 17.6 Å². The maximum atomic E-state index is 12.9. The normalized spacial score (nSPS) is 25.1. The third-order valence-corrected chi connectivity index (χ3v) is 3.56. The number of hydrogen-bond acceptors (Lipinski definition) is 2. The Balaban J connectivity index is 0.00000133. The summed E-state index contributed by atoms with van der Waals surface area (Å²) in [6, 6.07) is 3.85. The molecule has 2 aliphatic rings. The first-order chi connectivity index (χ1) is 8.48. The zero-order valence-electron chi connectivity index (χ0n) is 9.75. The molecule has 1 saturated heterocycles. The van der Waals surface area contributed by atoms with E-state index in [0.29, 0.717) is 18.7 Å². The lowest BCUT2D eigenvalue weighted by molar-refractivity contribution is -0.138. The molecule has 2 heterocycles. The third kappa shape index (κ3) is 2.19. The highest BCUT2D eigenvalue weighted by molar-refractivity contribution is 5.99. The Bertz CT molecular complexity index is 518. The van der Waals surface area contributed by atoms with E-state index in [4.69, 9.17) is 0 Å². The van der Waals surface area contributed by atoms with Gasteiger partial charge >= 0.3 is 6.18 Å². The number of carbonyl (C=O) groups excluding carboxylic acids is 1. The highest BCUT2D eigenvalue weighted by Gasteiger charge is 2.43. The average Bonchev–Trinajstić information content (AvgIpc) is 2.75. The molecule has 0 saturated carbocycles. The number of hydrogen-bond donors (Lipinski definition) is 2. The molecule has 1 aromatic rings. The number of alkyl halides is 3. The lowest BCUT2D eigenvalue weighted by atomic mass is 9.84. The van der Waals surface area contributed by atoms with Gasteiger partial charge in [-0.25, -0.2) is 0 Å². The van der Waals surface area contributed by atoms with Crippen LogP contribution in [0.1, 0.15) is 27.4 Å². The van der Waals surface area contributed by atoms with Crippen LogP contribution in [0.3, 0.4) is 0 Å². The Kier molecular flexibility index (Phi) is 3.49. The van der Waals surface area contributed by atoms with Crippen molar-refractivity contribution in [2.75, 3.05) is 13.1 Å². The molecule has 19 heavy (non-hydrogen) atoms. The van der Waals surface area contributed by atoms with Crippen LogP contribution >= 0.6 is 12.4 Å². The highest BCUT2D eigenvalue weighted by Crippen LogP contribution is 2.38. The molecule has 3 rings (SSSR count). The molecule has 1 aromatic carbocycles. The number of rotatable bonds is 0. The fourth-order valence-corrected chi connectivity index (χ4v) is 2.77. The van der Waals surface area contributed by atoms with Gasteiger partial charge in [0.25, 0.3) is 5.91 Å². The summed E-state index contributed by atoms with van der Waals surface area (Å²) in [6.07, 6.45) is -4.50. The van der Waals surface area contributed by atoms with Gasteiger partial charge < -0.3 is 10.6 Å². The summed E-state index contributed by atoms with van der Waals surface area (Å²) >= 11 is 0. The molecule has 2 atom stereocenters. The standard InChI is InChI=1S/C12H11F3N2O.ClH/c13-12(14,15)8-3-1-2-6-7-4-16-5-9(7)17-11(18)10(6)8;/h1-3,7,9,16H,4-5H2,(H,17,18);1H. The van der Waals surface area contributed by atoms with Crippen molar-refractivity contribution in [3.8, 4) is 0 Å². The Hall–Kier alpha value is -1.27. The molecule has 1 amide bonds. The maximum absolute atomic E-state index is 12.9. The van der Waals surface area contributed by atoms with Gasteiger partial charge in [0.1, 0.15) is 0 Å². The van der Waals surface area contributed by atoms with Crippen LogP contribution in [0.15, 0.2) is 18.2 Å². The zero-order valence-corrected chi connectivity index (χ0v) is 10.6. The van der Waals surface area contributed by atoms with Crippen molar-refractivity contribution in [1.29, 1.82) is 0 Å². The van der Waals surface area contributed by atoms with E-state index in [2.05, 4.69) is 10.6 Å². The average molecular weight is 293 g/mol. The van der Waals surface area contributed by atoms with Crippen LogP contribution in [0.5, 0.6) is 0 Å². The Labute approximate surface area is 114 Å². The largest absolute Gasteiger partial charge is 0.417 e. The number of halogens is 4. The molecule has 2 unspecified atom stereocenters. The van der Waals surface area contributed by atoms with Crippen LogP contribution in [0.2, 0.25) is 0 Å². The summed E-state index contributed by atoms with van der Waals surface area (Å²) in [6.45, 7) is 1.20. The molecule has 1 fully saturated rings. The van der Waals surface area contributed by atoms with Crippen LogP contribution < -0.4 is 10.6 Å². The molecule has 104 valence electrons. The first-order valence-corrected chi connectivity index (χ1v) is 5.70.